The third-order valence-electron chi connectivity index (χ3n) is 3.57. The Labute approximate surface area is 119 Å². The van der Waals surface area contributed by atoms with Gasteiger partial charge in [0.05, 0.1) is 13.2 Å². The zero-order valence-corrected chi connectivity index (χ0v) is 11.9. The summed E-state index contributed by atoms with van der Waals surface area (Å²) in [6.07, 6.45) is 6.00. The van der Waals surface area contributed by atoms with Crippen molar-refractivity contribution in [2.75, 3.05) is 6.61 Å². The second kappa shape index (κ2) is 7.10. The number of aliphatic hydroxyl groups excluding tert-OH is 1. The maximum absolute atomic E-state index is 9.39. The lowest BCUT2D eigenvalue weighted by Gasteiger charge is -2.07. The van der Waals surface area contributed by atoms with Crippen molar-refractivity contribution < 1.29 is 10.2 Å². The predicted molar refractivity (Wildman–Crippen MR) is 78.8 cm³/mol. The molecule has 0 unspecified atom stereocenters. The Kier molecular flexibility index (Phi) is 5.18. The highest BCUT2D eigenvalue weighted by Crippen LogP contribution is 2.18. The van der Waals surface area contributed by atoms with Crippen LogP contribution < -0.4 is 0 Å². The average Bonchev–Trinajstić information content (AvgIpc) is 2.85. The van der Waals surface area contributed by atoms with Crippen molar-refractivity contribution in [3.63, 3.8) is 0 Å². The van der Waals surface area contributed by atoms with Gasteiger partial charge in [0, 0.05) is 11.9 Å². The van der Waals surface area contributed by atoms with Crippen LogP contribution in [0, 0.1) is 6.92 Å². The number of unbranched alkanes of at least 4 members (excludes halogenated alkanes) is 1. The van der Waals surface area contributed by atoms with E-state index in [1.807, 2.05) is 29.8 Å². The van der Waals surface area contributed by atoms with Gasteiger partial charge in [0.2, 0.25) is 0 Å². The first-order chi connectivity index (χ1) is 9.70. The lowest BCUT2D eigenvalue weighted by atomic mass is 10.0. The number of aliphatic hydroxyl groups is 1. The number of phenolic OH excluding ortho intramolecular Hbond substituents is 1. The number of hydrogen-bond donors (Lipinski definition) is 2. The van der Waals surface area contributed by atoms with Gasteiger partial charge in [0.25, 0.3) is 0 Å². The van der Waals surface area contributed by atoms with Crippen LogP contribution >= 0.6 is 0 Å². The summed E-state index contributed by atoms with van der Waals surface area (Å²) in [7, 11) is 0. The number of aromatic hydroxyl groups is 1. The molecule has 0 aliphatic heterocycles. The second-order valence-corrected chi connectivity index (χ2v) is 5.09. The third kappa shape index (κ3) is 3.84. The minimum Gasteiger partial charge on any atom is -0.508 e. The fraction of sp³-hybridized carbons (Fsp3) is 0.438. The van der Waals surface area contributed by atoms with Gasteiger partial charge in [0.15, 0.2) is 0 Å². The summed E-state index contributed by atoms with van der Waals surface area (Å²) in [4.78, 5) is 0. The van der Waals surface area contributed by atoms with E-state index in [4.69, 9.17) is 5.11 Å². The molecule has 1 aromatic carbocycles. The standard InChI is InChI=1S/C16H22N2O2/c1-13-12-16(20)7-6-14(13)4-2-3-5-15-8-9-17-18(15)10-11-19/h6-9,12,19-20H,2-5,10-11H2,1H3. The lowest BCUT2D eigenvalue weighted by molar-refractivity contribution is 0.267. The van der Waals surface area contributed by atoms with Crippen LogP contribution in [0.25, 0.3) is 0 Å². The van der Waals surface area contributed by atoms with E-state index in [0.717, 1.165) is 31.2 Å². The molecule has 0 saturated carbocycles. The van der Waals surface area contributed by atoms with Crippen LogP contribution in [0.2, 0.25) is 0 Å². The first-order valence-electron chi connectivity index (χ1n) is 7.11. The molecule has 0 amide bonds. The molecule has 4 nitrogen and oxygen atoms in total. The van der Waals surface area contributed by atoms with Crippen LogP contribution in [0.1, 0.15) is 29.7 Å². The Bertz CT molecular complexity index is 549. The van der Waals surface area contributed by atoms with E-state index < -0.39 is 0 Å². The average molecular weight is 274 g/mol. The van der Waals surface area contributed by atoms with Crippen LogP contribution in [-0.2, 0) is 19.4 Å². The van der Waals surface area contributed by atoms with Crippen molar-refractivity contribution in [2.24, 2.45) is 0 Å². The third-order valence-corrected chi connectivity index (χ3v) is 3.57. The van der Waals surface area contributed by atoms with Gasteiger partial charge in [-0.05, 0) is 61.9 Å². The van der Waals surface area contributed by atoms with E-state index in [1.54, 1.807) is 12.3 Å². The first kappa shape index (κ1) is 14.6. The molecule has 2 N–H and O–H groups in total. The van der Waals surface area contributed by atoms with E-state index in [0.29, 0.717) is 12.3 Å². The molecule has 20 heavy (non-hydrogen) atoms. The molecule has 2 rings (SSSR count). The zero-order chi connectivity index (χ0) is 14.4. The second-order valence-electron chi connectivity index (χ2n) is 5.09. The van der Waals surface area contributed by atoms with Gasteiger partial charge in [-0.2, -0.15) is 5.10 Å². The number of benzene rings is 1. The molecule has 1 aromatic heterocycles. The molecule has 0 radical (unpaired) electrons. The van der Waals surface area contributed by atoms with Crippen LogP contribution in [0.4, 0.5) is 0 Å². The number of aromatic nitrogens is 2. The first-order valence-corrected chi connectivity index (χ1v) is 7.11. The topological polar surface area (TPSA) is 58.3 Å². The molecule has 1 heterocycles. The van der Waals surface area contributed by atoms with E-state index in [1.165, 1.54) is 11.3 Å². The predicted octanol–water partition coefficient (Wildman–Crippen LogP) is 2.45. The quantitative estimate of drug-likeness (QED) is 0.762. The van der Waals surface area contributed by atoms with Crippen LogP contribution in [0.15, 0.2) is 30.5 Å². The Hall–Kier alpha value is -1.81. The van der Waals surface area contributed by atoms with Gasteiger partial charge in [-0.3, -0.25) is 4.68 Å². The normalized spacial score (nSPS) is 10.9. The Balaban J connectivity index is 1.80. The fourth-order valence-electron chi connectivity index (χ4n) is 2.45. The molecule has 108 valence electrons. The summed E-state index contributed by atoms with van der Waals surface area (Å²) in [5.74, 6) is 0.333. The van der Waals surface area contributed by atoms with Crippen molar-refractivity contribution in [2.45, 2.75) is 39.2 Å². The minimum absolute atomic E-state index is 0.126. The van der Waals surface area contributed by atoms with Crippen molar-refractivity contribution >= 4 is 0 Å². The smallest absolute Gasteiger partial charge is 0.115 e. The monoisotopic (exact) mass is 274 g/mol. The van der Waals surface area contributed by atoms with Crippen molar-refractivity contribution in [3.8, 4) is 5.75 Å². The molecule has 0 saturated heterocycles. The van der Waals surface area contributed by atoms with Gasteiger partial charge >= 0.3 is 0 Å². The summed E-state index contributed by atoms with van der Waals surface area (Å²) >= 11 is 0. The van der Waals surface area contributed by atoms with Crippen molar-refractivity contribution in [1.82, 2.24) is 9.78 Å². The van der Waals surface area contributed by atoms with Gasteiger partial charge in [-0.15, -0.1) is 0 Å². The molecular weight excluding hydrogens is 252 g/mol. The number of phenols is 1. The molecule has 0 spiro atoms. The highest BCUT2D eigenvalue weighted by Gasteiger charge is 2.03. The van der Waals surface area contributed by atoms with E-state index >= 15 is 0 Å². The maximum atomic E-state index is 9.39. The lowest BCUT2D eigenvalue weighted by Crippen LogP contribution is -2.08. The number of aryl methyl sites for hydroxylation is 3. The van der Waals surface area contributed by atoms with E-state index in [-0.39, 0.29) is 6.61 Å². The van der Waals surface area contributed by atoms with Crippen LogP contribution in [-0.4, -0.2) is 26.6 Å². The molecule has 4 heteroatoms. The molecule has 0 aliphatic carbocycles. The van der Waals surface area contributed by atoms with Gasteiger partial charge in [-0.25, -0.2) is 0 Å². The van der Waals surface area contributed by atoms with E-state index in [2.05, 4.69) is 5.10 Å². The fourth-order valence-corrected chi connectivity index (χ4v) is 2.45. The largest absolute Gasteiger partial charge is 0.508 e. The Morgan fingerprint density at radius 1 is 1.15 bits per heavy atom. The highest BCUT2D eigenvalue weighted by atomic mass is 16.3. The molecule has 0 bridgehead atoms. The summed E-state index contributed by atoms with van der Waals surface area (Å²) in [6, 6.07) is 7.58. The molecule has 2 aromatic rings. The van der Waals surface area contributed by atoms with Crippen LogP contribution in [0.3, 0.4) is 0 Å². The molecule has 0 aliphatic rings. The van der Waals surface area contributed by atoms with Crippen molar-refractivity contribution in [1.29, 1.82) is 0 Å². The zero-order valence-electron chi connectivity index (χ0n) is 11.9. The van der Waals surface area contributed by atoms with E-state index in [9.17, 15) is 5.11 Å². The maximum Gasteiger partial charge on any atom is 0.115 e. The Morgan fingerprint density at radius 3 is 2.70 bits per heavy atom. The van der Waals surface area contributed by atoms with Crippen LogP contribution in [0.5, 0.6) is 5.75 Å². The molecule has 0 fully saturated rings. The summed E-state index contributed by atoms with van der Waals surface area (Å²) < 4.78 is 1.87. The summed E-state index contributed by atoms with van der Waals surface area (Å²) in [5.41, 5.74) is 3.63. The SMILES string of the molecule is Cc1cc(O)ccc1CCCCc1ccnn1CCO. The summed E-state index contributed by atoms with van der Waals surface area (Å²) in [6.45, 7) is 2.73. The molecule has 0 atom stereocenters. The van der Waals surface area contributed by atoms with Gasteiger partial charge in [0.1, 0.15) is 5.75 Å². The number of nitrogens with zero attached hydrogens (tertiary/aromatic N) is 2. The summed E-state index contributed by atoms with van der Waals surface area (Å²) in [5, 5.41) is 22.5. The van der Waals surface area contributed by atoms with Gasteiger partial charge in [-0.1, -0.05) is 6.07 Å². The minimum atomic E-state index is 0.126. The Morgan fingerprint density at radius 2 is 1.95 bits per heavy atom. The molecular formula is C16H22N2O2. The van der Waals surface area contributed by atoms with Gasteiger partial charge < -0.3 is 10.2 Å². The van der Waals surface area contributed by atoms with Crippen molar-refractivity contribution in [3.05, 3.63) is 47.3 Å². The number of hydrogen-bond acceptors (Lipinski definition) is 3. The number of rotatable bonds is 7. The highest BCUT2D eigenvalue weighted by molar-refractivity contribution is 5.33.